The maximum absolute atomic E-state index is 12.7. The molecular formula is C48H79N6O10P2+. The minimum atomic E-state index is -3.48. The van der Waals surface area contributed by atoms with Crippen molar-refractivity contribution < 1.29 is 48.3 Å². The maximum atomic E-state index is 12.7. The van der Waals surface area contributed by atoms with Gasteiger partial charge in [-0.15, -0.1) is 0 Å². The number of rotatable bonds is 24. The molecule has 4 amide bonds. The van der Waals surface area contributed by atoms with E-state index < -0.39 is 81.1 Å². The van der Waals surface area contributed by atoms with Crippen molar-refractivity contribution in [3.63, 3.8) is 0 Å². The van der Waals surface area contributed by atoms with E-state index in [0.717, 1.165) is 68.9 Å². The number of hydrogen-bond acceptors (Lipinski definition) is 10. The smallest absolute Gasteiger partial charge is 0.391 e. The van der Waals surface area contributed by atoms with E-state index in [1.54, 1.807) is 13.8 Å². The Bertz CT molecular complexity index is 1830. The molecule has 0 aromatic heterocycles. The molecule has 0 spiro atoms. The second kappa shape index (κ2) is 29.3. The number of aliphatic hydroxyl groups excluding tert-OH is 2. The third kappa shape index (κ3) is 21.1. The molecule has 16 nitrogen and oxygen atoms in total. The predicted molar refractivity (Wildman–Crippen MR) is 259 cm³/mol. The highest BCUT2D eigenvalue weighted by atomic mass is 31.2. The largest absolute Gasteiger partial charge is 0.509 e. The monoisotopic (exact) mass is 962 g/mol. The molecule has 4 rings (SSSR count). The van der Waals surface area contributed by atoms with Gasteiger partial charge in [-0.05, 0) is 72.0 Å². The SMILES string of the molecule is CC(C)[C@@H](NC(=O)[C@@H](N)Cc1ccccc1)C(=O)NC[C@H](O)CC(C1CCCCC1)[P+](=O)O.CC(C)[C@H](NC(=O)[C@@H](N)Cc1ccccc1)C(=O)NC[C@@H](O)CP(=O)(O)CC1CCCCC1. The number of benzene rings is 2. The maximum Gasteiger partial charge on any atom is 0.509 e. The third-order valence-electron chi connectivity index (χ3n) is 12.5. The molecule has 2 aliphatic carbocycles. The zero-order valence-electron chi connectivity index (χ0n) is 39.4. The lowest BCUT2D eigenvalue weighted by atomic mass is 9.85. The highest BCUT2D eigenvalue weighted by Gasteiger charge is 2.40. The van der Waals surface area contributed by atoms with Crippen LogP contribution in [0.25, 0.3) is 0 Å². The molecule has 66 heavy (non-hydrogen) atoms. The highest BCUT2D eigenvalue weighted by Crippen LogP contribution is 2.46. The van der Waals surface area contributed by atoms with Gasteiger partial charge in [0.2, 0.25) is 31.0 Å². The quantitative estimate of drug-likeness (QED) is 0.0661. The number of aliphatic hydroxyl groups is 2. The number of nitrogens with one attached hydrogen (secondary N) is 4. The molecule has 0 saturated heterocycles. The Morgan fingerprint density at radius 1 is 0.667 bits per heavy atom. The molecule has 3 unspecified atom stereocenters. The number of nitrogens with two attached hydrogens (primary N) is 2. The summed E-state index contributed by atoms with van der Waals surface area (Å²) in [5, 5.41) is 31.4. The second-order valence-corrected chi connectivity index (χ2v) is 22.8. The number of amides is 4. The lowest BCUT2D eigenvalue weighted by Crippen LogP contribution is -2.55. The van der Waals surface area contributed by atoms with Gasteiger partial charge < -0.3 is 47.8 Å². The van der Waals surface area contributed by atoms with Crippen molar-refractivity contribution in [2.75, 3.05) is 25.4 Å². The van der Waals surface area contributed by atoms with Crippen LogP contribution < -0.4 is 32.7 Å². The Hall–Kier alpha value is -3.59. The van der Waals surface area contributed by atoms with Crippen molar-refractivity contribution in [1.29, 1.82) is 0 Å². The van der Waals surface area contributed by atoms with Crippen LogP contribution in [0.3, 0.4) is 0 Å². The first-order valence-corrected chi connectivity index (χ1v) is 27.1. The average Bonchev–Trinajstić information content (AvgIpc) is 3.28. The molecule has 9 atom stereocenters. The summed E-state index contributed by atoms with van der Waals surface area (Å²) >= 11 is 0. The molecule has 18 heteroatoms. The molecular weight excluding hydrogens is 883 g/mol. The summed E-state index contributed by atoms with van der Waals surface area (Å²) in [6.07, 6.45) is 9.07. The summed E-state index contributed by atoms with van der Waals surface area (Å²) < 4.78 is 24.4. The minimum Gasteiger partial charge on any atom is -0.391 e. The second-order valence-electron chi connectivity index (χ2n) is 19.1. The van der Waals surface area contributed by atoms with Crippen LogP contribution in [0, 0.1) is 23.7 Å². The topological polar surface area (TPSA) is 284 Å². The normalized spacial score (nSPS) is 19.1. The zero-order valence-corrected chi connectivity index (χ0v) is 41.2. The van der Waals surface area contributed by atoms with E-state index >= 15 is 0 Å². The highest BCUT2D eigenvalue weighted by molar-refractivity contribution is 7.58. The Balaban J connectivity index is 0.000000350. The third-order valence-corrected chi connectivity index (χ3v) is 15.8. The van der Waals surface area contributed by atoms with Gasteiger partial charge in [-0.3, -0.25) is 23.7 Å². The number of carbonyl (C=O) groups excluding carboxylic acids is 4. The Labute approximate surface area is 392 Å². The summed E-state index contributed by atoms with van der Waals surface area (Å²) in [5.41, 5.74) is 13.5. The Kier molecular flexibility index (Phi) is 25.2. The summed E-state index contributed by atoms with van der Waals surface area (Å²) in [4.78, 5) is 70.6. The number of hydrogen-bond donors (Lipinski definition) is 10. The lowest BCUT2D eigenvalue weighted by Gasteiger charge is -2.26. The summed E-state index contributed by atoms with van der Waals surface area (Å²) in [6.45, 7) is 7.05. The van der Waals surface area contributed by atoms with Gasteiger partial charge in [0.25, 0.3) is 0 Å². The lowest BCUT2D eigenvalue weighted by molar-refractivity contribution is -0.130. The van der Waals surface area contributed by atoms with E-state index in [4.69, 9.17) is 11.5 Å². The first kappa shape index (κ1) is 56.7. The van der Waals surface area contributed by atoms with Crippen LogP contribution in [0.1, 0.15) is 109 Å². The van der Waals surface area contributed by atoms with Gasteiger partial charge in [0, 0.05) is 31.6 Å². The van der Waals surface area contributed by atoms with Crippen molar-refractivity contribution in [1.82, 2.24) is 21.3 Å². The summed E-state index contributed by atoms with van der Waals surface area (Å²) in [6, 6.07) is 15.6. The van der Waals surface area contributed by atoms with Crippen LogP contribution in [0.15, 0.2) is 60.7 Å². The first-order chi connectivity index (χ1) is 31.3. The van der Waals surface area contributed by atoms with Crippen LogP contribution in [0.5, 0.6) is 0 Å². The molecule has 2 aromatic carbocycles. The van der Waals surface area contributed by atoms with Gasteiger partial charge in [0.05, 0.1) is 30.5 Å². The van der Waals surface area contributed by atoms with Crippen LogP contribution in [-0.2, 0) is 41.1 Å². The average molecular weight is 962 g/mol. The molecule has 2 saturated carbocycles. The van der Waals surface area contributed by atoms with E-state index in [1.165, 1.54) is 6.42 Å². The predicted octanol–water partition coefficient (Wildman–Crippen LogP) is 4.27. The molecule has 0 radical (unpaired) electrons. The van der Waals surface area contributed by atoms with Crippen molar-refractivity contribution in [2.24, 2.45) is 35.1 Å². The molecule has 2 aromatic rings. The van der Waals surface area contributed by atoms with E-state index in [2.05, 4.69) is 21.3 Å². The van der Waals surface area contributed by atoms with Crippen LogP contribution >= 0.6 is 15.4 Å². The number of carbonyl (C=O) groups is 4. The van der Waals surface area contributed by atoms with Crippen LogP contribution in [0.4, 0.5) is 0 Å². The molecule has 2 aliphatic rings. The molecule has 2 fully saturated rings. The zero-order chi connectivity index (χ0) is 48.8. The van der Waals surface area contributed by atoms with Gasteiger partial charge in [-0.1, -0.05) is 127 Å². The van der Waals surface area contributed by atoms with Crippen molar-refractivity contribution >= 4 is 39.0 Å². The molecule has 0 aliphatic heterocycles. The van der Waals surface area contributed by atoms with Gasteiger partial charge >= 0.3 is 8.03 Å². The van der Waals surface area contributed by atoms with Gasteiger partial charge in [0.1, 0.15) is 12.1 Å². The van der Waals surface area contributed by atoms with Crippen LogP contribution in [-0.4, -0.2) is 111 Å². The van der Waals surface area contributed by atoms with Crippen molar-refractivity contribution in [2.45, 2.75) is 153 Å². The molecule has 12 N–H and O–H groups in total. The van der Waals surface area contributed by atoms with E-state index in [0.29, 0.717) is 12.8 Å². The van der Waals surface area contributed by atoms with Crippen molar-refractivity contribution in [3.8, 4) is 0 Å². The molecule has 0 bridgehead atoms. The minimum absolute atomic E-state index is 0.0413. The fourth-order valence-corrected chi connectivity index (χ4v) is 11.9. The summed E-state index contributed by atoms with van der Waals surface area (Å²) in [7, 11) is -5.88. The van der Waals surface area contributed by atoms with Crippen LogP contribution in [0.2, 0.25) is 0 Å². The summed E-state index contributed by atoms with van der Waals surface area (Å²) in [5.74, 6) is -1.73. The van der Waals surface area contributed by atoms with Crippen molar-refractivity contribution in [3.05, 3.63) is 71.8 Å². The molecule has 0 heterocycles. The van der Waals surface area contributed by atoms with E-state index in [-0.39, 0.29) is 55.5 Å². The van der Waals surface area contributed by atoms with Gasteiger partial charge in [-0.2, -0.15) is 4.89 Å². The Morgan fingerprint density at radius 3 is 1.48 bits per heavy atom. The first-order valence-electron chi connectivity index (χ1n) is 23.8. The Morgan fingerprint density at radius 2 is 1.08 bits per heavy atom. The van der Waals surface area contributed by atoms with E-state index in [9.17, 15) is 48.3 Å². The fourth-order valence-electron chi connectivity index (χ4n) is 8.75. The standard InChI is InChI=1S/C24H40N3O5P.C24H38N3O5P/c1-17(2)22(27-23(29)21(25)13-18-9-5-3-6-10-18)24(30)26-14-20(28)16-33(31,32)15-19-11-7-4-8-12-19;1-16(2)22(27-23(29)20(25)13-17-9-5-3-6-10-17)24(30)26-15-19(28)14-21(33(31)32)18-11-7-4-8-12-18/h3,5-6,9-10,17,19-22,28H,4,7-8,11-16,25H2,1-2H3,(H,26,30)(H,27,29)(H,31,32);3,5-6,9-10,16,18-22,28H,4,7-8,11-15,25H2,1-2H3,(H2-,26,27,29,30,31,32)/p+1/t20-,21+,22+;19-,20+,21?,22-/m11/s1. The molecule has 370 valence electrons. The van der Waals surface area contributed by atoms with E-state index in [1.807, 2.05) is 74.5 Å². The fraction of sp³-hybridized carbons (Fsp3) is 0.667. The van der Waals surface area contributed by atoms with Gasteiger partial charge in [-0.25, -0.2) is 0 Å². The van der Waals surface area contributed by atoms with Gasteiger partial charge in [0.15, 0.2) is 5.66 Å².